The number of aliphatic hydroxyl groups is 1. The van der Waals surface area contributed by atoms with Crippen LogP contribution in [0.2, 0.25) is 0 Å². The van der Waals surface area contributed by atoms with Crippen LogP contribution in [0.4, 0.5) is 18.9 Å². The number of nitriles is 1. The zero-order valence-corrected chi connectivity index (χ0v) is 13.9. The van der Waals surface area contributed by atoms with Gasteiger partial charge in [-0.15, -0.1) is 0 Å². The molecule has 1 fully saturated rings. The van der Waals surface area contributed by atoms with Gasteiger partial charge in [0.25, 0.3) is 0 Å². The molecule has 0 bridgehead atoms. The Kier molecular flexibility index (Phi) is 4.92. The molecular weight excluding hydrogens is 349 g/mol. The molecule has 1 saturated heterocycles. The molecule has 2 aliphatic heterocycles. The Balaban J connectivity index is 1.91. The summed E-state index contributed by atoms with van der Waals surface area (Å²) in [6.07, 6.45) is -4.99. The number of hydrogen-bond donors (Lipinski definition) is 3. The minimum Gasteiger partial charge on any atom is -0.377 e. The molecule has 0 saturated carbocycles. The number of nitrogens with zero attached hydrogens (tertiary/aromatic N) is 2. The lowest BCUT2D eigenvalue weighted by atomic mass is 9.72. The number of halogens is 3. The summed E-state index contributed by atoms with van der Waals surface area (Å²) >= 11 is 0. The van der Waals surface area contributed by atoms with Crippen LogP contribution >= 0.6 is 0 Å². The summed E-state index contributed by atoms with van der Waals surface area (Å²) in [6, 6.07) is 7.05. The SMILES string of the molecule is N#Cc1cccc2c1C1(CCNCC1)C(=O)N2CC(O)NCC(F)(F)F. The van der Waals surface area contributed by atoms with Crippen LogP contribution in [0.3, 0.4) is 0 Å². The highest BCUT2D eigenvalue weighted by Crippen LogP contribution is 2.48. The van der Waals surface area contributed by atoms with Crippen LogP contribution in [0.1, 0.15) is 24.0 Å². The van der Waals surface area contributed by atoms with E-state index in [2.05, 4.69) is 11.4 Å². The summed E-state index contributed by atoms with van der Waals surface area (Å²) in [5.41, 5.74) is 0.634. The Morgan fingerprint density at radius 1 is 1.38 bits per heavy atom. The standard InChI is InChI=1S/C17H19F3N4O2/c18-17(19,20)10-23-13(25)9-24-12-3-1-2-11(8-21)14(12)16(15(24)26)4-6-22-7-5-16/h1-3,13,22-23,25H,4-7,9-10H2. The highest BCUT2D eigenvalue weighted by Gasteiger charge is 2.52. The van der Waals surface area contributed by atoms with E-state index in [-0.39, 0.29) is 12.5 Å². The van der Waals surface area contributed by atoms with Crippen molar-refractivity contribution in [1.29, 1.82) is 5.26 Å². The van der Waals surface area contributed by atoms with Gasteiger partial charge in [-0.3, -0.25) is 10.1 Å². The van der Waals surface area contributed by atoms with Gasteiger partial charge in [0, 0.05) is 11.3 Å². The molecule has 140 valence electrons. The van der Waals surface area contributed by atoms with Gasteiger partial charge in [-0.05, 0) is 38.1 Å². The van der Waals surface area contributed by atoms with Crippen LogP contribution in [0.15, 0.2) is 18.2 Å². The van der Waals surface area contributed by atoms with Crippen LogP contribution in [-0.2, 0) is 10.2 Å². The molecule has 1 atom stereocenters. The molecule has 3 rings (SSSR count). The maximum atomic E-state index is 13.2. The molecule has 2 aliphatic rings. The Bertz CT molecular complexity index is 739. The van der Waals surface area contributed by atoms with Crippen LogP contribution in [0, 0.1) is 11.3 Å². The predicted molar refractivity (Wildman–Crippen MR) is 87.4 cm³/mol. The second kappa shape index (κ2) is 6.87. The van der Waals surface area contributed by atoms with E-state index in [0.29, 0.717) is 42.7 Å². The molecule has 1 spiro atoms. The fraction of sp³-hybridized carbons (Fsp3) is 0.529. The molecule has 1 aromatic carbocycles. The number of aliphatic hydroxyl groups excluding tert-OH is 1. The fourth-order valence-electron chi connectivity index (χ4n) is 3.81. The lowest BCUT2D eigenvalue weighted by Gasteiger charge is -2.33. The average Bonchev–Trinajstić information content (AvgIpc) is 2.83. The summed E-state index contributed by atoms with van der Waals surface area (Å²) in [4.78, 5) is 14.5. The quantitative estimate of drug-likeness (QED) is 0.690. The third-order valence-electron chi connectivity index (χ3n) is 4.94. The van der Waals surface area contributed by atoms with Gasteiger partial charge >= 0.3 is 6.18 Å². The zero-order valence-electron chi connectivity index (χ0n) is 13.9. The Morgan fingerprint density at radius 3 is 2.69 bits per heavy atom. The number of alkyl halides is 3. The summed E-state index contributed by atoms with van der Waals surface area (Å²) < 4.78 is 37.0. The number of carbonyl (C=O) groups excluding carboxylic acids is 1. The highest BCUT2D eigenvalue weighted by atomic mass is 19.4. The van der Waals surface area contributed by atoms with Gasteiger partial charge < -0.3 is 15.3 Å². The molecule has 0 aromatic heterocycles. The maximum absolute atomic E-state index is 13.2. The lowest BCUT2D eigenvalue weighted by molar-refractivity contribution is -0.131. The smallest absolute Gasteiger partial charge is 0.377 e. The molecule has 26 heavy (non-hydrogen) atoms. The third kappa shape index (κ3) is 3.28. The number of piperidine rings is 1. The van der Waals surface area contributed by atoms with Crippen molar-refractivity contribution in [1.82, 2.24) is 10.6 Å². The summed E-state index contributed by atoms with van der Waals surface area (Å²) in [7, 11) is 0. The molecule has 0 aliphatic carbocycles. The topological polar surface area (TPSA) is 88.4 Å². The van der Waals surface area contributed by atoms with Gasteiger partial charge in [0.1, 0.15) is 6.23 Å². The monoisotopic (exact) mass is 368 g/mol. The molecule has 1 unspecified atom stereocenters. The van der Waals surface area contributed by atoms with Crippen LogP contribution in [-0.4, -0.2) is 49.6 Å². The fourth-order valence-corrected chi connectivity index (χ4v) is 3.81. The molecule has 9 heteroatoms. The number of fused-ring (bicyclic) bond motifs is 2. The molecule has 0 radical (unpaired) electrons. The molecule has 2 heterocycles. The van der Waals surface area contributed by atoms with Gasteiger partial charge in [0.2, 0.25) is 5.91 Å². The second-order valence-corrected chi connectivity index (χ2v) is 6.57. The number of amides is 1. The van der Waals surface area contributed by atoms with Crippen molar-refractivity contribution in [2.75, 3.05) is 31.1 Å². The normalized spacial score (nSPS) is 20.1. The van der Waals surface area contributed by atoms with Crippen molar-refractivity contribution in [3.63, 3.8) is 0 Å². The maximum Gasteiger partial charge on any atom is 0.401 e. The van der Waals surface area contributed by atoms with Crippen LogP contribution in [0.25, 0.3) is 0 Å². The van der Waals surface area contributed by atoms with Crippen molar-refractivity contribution in [3.05, 3.63) is 29.3 Å². The molecule has 1 aromatic rings. The van der Waals surface area contributed by atoms with Crippen molar-refractivity contribution >= 4 is 11.6 Å². The van der Waals surface area contributed by atoms with Crippen LogP contribution < -0.4 is 15.5 Å². The number of β-amino-alcohol motifs (C(OH)–C–C–N with tert-alkyl or cyclic N) is 1. The second-order valence-electron chi connectivity index (χ2n) is 6.57. The Hall–Kier alpha value is -2.15. The van der Waals surface area contributed by atoms with E-state index in [9.17, 15) is 28.3 Å². The molecular formula is C17H19F3N4O2. The minimum absolute atomic E-state index is 0.274. The third-order valence-corrected chi connectivity index (χ3v) is 4.94. The summed E-state index contributed by atoms with van der Waals surface area (Å²) in [5.74, 6) is -0.274. The molecule has 1 amide bonds. The first-order chi connectivity index (χ1) is 12.3. The van der Waals surface area contributed by atoms with Crippen molar-refractivity contribution in [3.8, 4) is 6.07 Å². The van der Waals surface area contributed by atoms with Gasteiger partial charge in [0.05, 0.1) is 30.1 Å². The number of benzene rings is 1. The molecule has 6 nitrogen and oxygen atoms in total. The predicted octanol–water partition coefficient (Wildman–Crippen LogP) is 0.996. The van der Waals surface area contributed by atoms with Gasteiger partial charge in [-0.2, -0.15) is 18.4 Å². The summed E-state index contributed by atoms with van der Waals surface area (Å²) in [6.45, 7) is -0.455. The van der Waals surface area contributed by atoms with E-state index >= 15 is 0 Å². The van der Waals surface area contributed by atoms with Crippen molar-refractivity contribution < 1.29 is 23.1 Å². The Morgan fingerprint density at radius 2 is 2.08 bits per heavy atom. The summed E-state index contributed by atoms with van der Waals surface area (Å²) in [5, 5.41) is 24.6. The first-order valence-corrected chi connectivity index (χ1v) is 8.33. The van der Waals surface area contributed by atoms with E-state index in [0.717, 1.165) is 0 Å². The number of carbonyl (C=O) groups is 1. The van der Waals surface area contributed by atoms with Crippen LogP contribution in [0.5, 0.6) is 0 Å². The molecule has 3 N–H and O–H groups in total. The number of nitrogens with one attached hydrogen (secondary N) is 2. The van der Waals surface area contributed by atoms with E-state index < -0.39 is 24.4 Å². The largest absolute Gasteiger partial charge is 0.401 e. The first kappa shape index (κ1) is 18.6. The Labute approximate surface area is 148 Å². The van der Waals surface area contributed by atoms with E-state index in [1.54, 1.807) is 18.2 Å². The first-order valence-electron chi connectivity index (χ1n) is 8.33. The minimum atomic E-state index is -4.46. The average molecular weight is 368 g/mol. The van der Waals surface area contributed by atoms with E-state index in [1.807, 2.05) is 5.32 Å². The number of rotatable bonds is 4. The van der Waals surface area contributed by atoms with Crippen molar-refractivity contribution in [2.24, 2.45) is 0 Å². The number of hydrogen-bond acceptors (Lipinski definition) is 5. The van der Waals surface area contributed by atoms with Gasteiger partial charge in [-0.25, -0.2) is 0 Å². The van der Waals surface area contributed by atoms with Crippen molar-refractivity contribution in [2.45, 2.75) is 30.7 Å². The lowest BCUT2D eigenvalue weighted by Crippen LogP contribution is -2.51. The zero-order chi connectivity index (χ0) is 18.9. The van der Waals surface area contributed by atoms with E-state index in [4.69, 9.17) is 0 Å². The number of anilines is 1. The van der Waals surface area contributed by atoms with Gasteiger partial charge in [-0.1, -0.05) is 6.07 Å². The van der Waals surface area contributed by atoms with E-state index in [1.165, 1.54) is 4.90 Å². The highest BCUT2D eigenvalue weighted by molar-refractivity contribution is 6.09. The van der Waals surface area contributed by atoms with Gasteiger partial charge in [0.15, 0.2) is 0 Å².